The van der Waals surface area contributed by atoms with Crippen LogP contribution >= 0.6 is 0 Å². The number of piperidine rings is 1. The summed E-state index contributed by atoms with van der Waals surface area (Å²) in [4.78, 5) is 24.7. The predicted octanol–water partition coefficient (Wildman–Crippen LogP) is 1.76. The zero-order valence-electron chi connectivity index (χ0n) is 14.5. The van der Waals surface area contributed by atoms with E-state index in [2.05, 4.69) is 40.2 Å². The number of amides is 2. The number of hydrogen-bond acceptors (Lipinski definition) is 3. The van der Waals surface area contributed by atoms with E-state index in [1.165, 1.54) is 0 Å². The highest BCUT2D eigenvalue weighted by Gasteiger charge is 2.26. The maximum atomic E-state index is 12.5. The molecule has 1 saturated heterocycles. The molecule has 1 heterocycles. The van der Waals surface area contributed by atoms with Crippen LogP contribution in [0, 0.1) is 0 Å². The molecular weight excluding hydrogens is 314 g/mol. The van der Waals surface area contributed by atoms with Crippen molar-refractivity contribution in [2.45, 2.75) is 37.8 Å². The third-order valence-corrected chi connectivity index (χ3v) is 4.76. The minimum absolute atomic E-state index is 0.0888. The third-order valence-electron chi connectivity index (χ3n) is 4.76. The fourth-order valence-corrected chi connectivity index (χ4v) is 3.33. The number of fused-ring (bicyclic) bond motifs is 1. The van der Waals surface area contributed by atoms with Gasteiger partial charge in [0.1, 0.15) is 6.04 Å². The molecule has 1 fully saturated rings. The molecule has 0 radical (unpaired) electrons. The Morgan fingerprint density at radius 1 is 1.16 bits per heavy atom. The second kappa shape index (κ2) is 8.12. The summed E-state index contributed by atoms with van der Waals surface area (Å²) in [6, 6.07) is 13.5. The van der Waals surface area contributed by atoms with E-state index in [-0.39, 0.29) is 17.9 Å². The Kier molecular flexibility index (Phi) is 5.66. The topological polar surface area (TPSA) is 70.2 Å². The third kappa shape index (κ3) is 4.37. The van der Waals surface area contributed by atoms with E-state index in [1.807, 2.05) is 18.2 Å². The van der Waals surface area contributed by atoms with Crippen LogP contribution in [0.3, 0.4) is 0 Å². The lowest BCUT2D eigenvalue weighted by Gasteiger charge is -2.25. The molecular formula is C20H25N3O2. The second-order valence-electron chi connectivity index (χ2n) is 6.56. The van der Waals surface area contributed by atoms with E-state index >= 15 is 0 Å². The van der Waals surface area contributed by atoms with Crippen LogP contribution in [0.2, 0.25) is 0 Å². The van der Waals surface area contributed by atoms with Crippen LogP contribution in [0.25, 0.3) is 10.8 Å². The largest absolute Gasteiger partial charge is 0.357 e. The summed E-state index contributed by atoms with van der Waals surface area (Å²) in [5.41, 5.74) is 1.03. The van der Waals surface area contributed by atoms with Crippen molar-refractivity contribution >= 4 is 22.6 Å². The van der Waals surface area contributed by atoms with Gasteiger partial charge in [0.25, 0.3) is 0 Å². The molecule has 3 N–H and O–H groups in total. The highest BCUT2D eigenvalue weighted by molar-refractivity contribution is 5.90. The highest BCUT2D eigenvalue weighted by Crippen LogP contribution is 2.17. The monoisotopic (exact) mass is 339 g/mol. The van der Waals surface area contributed by atoms with E-state index < -0.39 is 6.04 Å². The van der Waals surface area contributed by atoms with Crippen molar-refractivity contribution in [1.82, 2.24) is 16.0 Å². The Morgan fingerprint density at radius 2 is 1.96 bits per heavy atom. The molecule has 1 aliphatic rings. The number of hydrogen-bond donors (Lipinski definition) is 3. The fraction of sp³-hybridized carbons (Fsp3) is 0.400. The predicted molar refractivity (Wildman–Crippen MR) is 99.3 cm³/mol. The van der Waals surface area contributed by atoms with Gasteiger partial charge in [0, 0.05) is 13.5 Å². The first-order valence-corrected chi connectivity index (χ1v) is 8.90. The van der Waals surface area contributed by atoms with Crippen LogP contribution in [0.15, 0.2) is 42.5 Å². The van der Waals surface area contributed by atoms with Crippen LogP contribution in [-0.4, -0.2) is 37.5 Å². The molecule has 1 aliphatic heterocycles. The minimum Gasteiger partial charge on any atom is -0.357 e. The SMILES string of the molecule is CNC(=O)[C@H](Cc1ccc2ccccc2c1)NC(=O)[C@@H]1CCCCN1. The van der Waals surface area contributed by atoms with E-state index in [9.17, 15) is 9.59 Å². The Bertz CT molecular complexity index is 753. The molecule has 0 aromatic heterocycles. The van der Waals surface area contributed by atoms with Gasteiger partial charge in [-0.15, -0.1) is 0 Å². The van der Waals surface area contributed by atoms with Gasteiger partial charge in [-0.1, -0.05) is 48.9 Å². The van der Waals surface area contributed by atoms with Crippen molar-refractivity contribution in [3.63, 3.8) is 0 Å². The first kappa shape index (κ1) is 17.4. The lowest BCUT2D eigenvalue weighted by molar-refractivity contribution is -0.130. The quantitative estimate of drug-likeness (QED) is 0.777. The van der Waals surface area contributed by atoms with E-state index in [4.69, 9.17) is 0 Å². The van der Waals surface area contributed by atoms with Gasteiger partial charge in [0.05, 0.1) is 6.04 Å². The molecule has 2 amide bonds. The molecule has 132 valence electrons. The Labute approximate surface area is 148 Å². The average Bonchev–Trinajstić information content (AvgIpc) is 2.67. The van der Waals surface area contributed by atoms with Crippen molar-refractivity contribution in [3.8, 4) is 0 Å². The molecule has 3 rings (SSSR count). The lowest BCUT2D eigenvalue weighted by Crippen LogP contribution is -2.54. The Hall–Kier alpha value is -2.40. The number of nitrogens with one attached hydrogen (secondary N) is 3. The molecule has 2 aromatic carbocycles. The molecule has 25 heavy (non-hydrogen) atoms. The van der Waals surface area contributed by atoms with Gasteiger partial charge in [-0.2, -0.15) is 0 Å². The number of carbonyl (C=O) groups excluding carboxylic acids is 2. The average molecular weight is 339 g/mol. The molecule has 2 atom stereocenters. The number of rotatable bonds is 5. The molecule has 5 heteroatoms. The molecule has 0 saturated carbocycles. The summed E-state index contributed by atoms with van der Waals surface area (Å²) in [5, 5.41) is 11.1. The molecule has 5 nitrogen and oxygen atoms in total. The van der Waals surface area contributed by atoms with Crippen LogP contribution in [-0.2, 0) is 16.0 Å². The van der Waals surface area contributed by atoms with Gasteiger partial charge in [-0.05, 0) is 35.7 Å². The van der Waals surface area contributed by atoms with Gasteiger partial charge in [-0.3, -0.25) is 9.59 Å². The van der Waals surface area contributed by atoms with Gasteiger partial charge in [0.15, 0.2) is 0 Å². The van der Waals surface area contributed by atoms with Crippen molar-refractivity contribution in [2.75, 3.05) is 13.6 Å². The summed E-state index contributed by atoms with van der Waals surface area (Å²) in [7, 11) is 1.60. The molecule has 0 unspecified atom stereocenters. The summed E-state index contributed by atoms with van der Waals surface area (Å²) in [6.07, 6.45) is 3.44. The van der Waals surface area contributed by atoms with Crippen molar-refractivity contribution in [2.24, 2.45) is 0 Å². The van der Waals surface area contributed by atoms with Crippen LogP contribution in [0.4, 0.5) is 0 Å². The van der Waals surface area contributed by atoms with Gasteiger partial charge in [0.2, 0.25) is 11.8 Å². The van der Waals surface area contributed by atoms with Gasteiger partial charge >= 0.3 is 0 Å². The number of carbonyl (C=O) groups is 2. The first-order chi connectivity index (χ1) is 12.2. The standard InChI is InChI=1S/C20H25N3O2/c1-21-19(24)18(23-20(25)17-8-4-5-11-22-17)13-14-9-10-15-6-2-3-7-16(15)12-14/h2-3,6-7,9-10,12,17-18,22H,4-5,8,11,13H2,1H3,(H,21,24)(H,23,25)/t17-,18-/m0/s1. The van der Waals surface area contributed by atoms with Gasteiger partial charge in [-0.25, -0.2) is 0 Å². The zero-order chi connectivity index (χ0) is 17.6. The summed E-state index contributed by atoms with van der Waals surface area (Å²) >= 11 is 0. The highest BCUT2D eigenvalue weighted by atomic mass is 16.2. The fourth-order valence-electron chi connectivity index (χ4n) is 3.33. The lowest BCUT2D eigenvalue weighted by atomic mass is 10.00. The summed E-state index contributed by atoms with van der Waals surface area (Å²) in [5.74, 6) is -0.258. The molecule has 2 aromatic rings. The Morgan fingerprint density at radius 3 is 2.68 bits per heavy atom. The summed E-state index contributed by atoms with van der Waals surface area (Å²) < 4.78 is 0. The number of benzene rings is 2. The smallest absolute Gasteiger partial charge is 0.242 e. The van der Waals surface area contributed by atoms with Crippen LogP contribution in [0.5, 0.6) is 0 Å². The van der Waals surface area contributed by atoms with E-state index in [1.54, 1.807) is 7.05 Å². The van der Waals surface area contributed by atoms with Crippen LogP contribution in [0.1, 0.15) is 24.8 Å². The second-order valence-corrected chi connectivity index (χ2v) is 6.56. The molecule has 0 spiro atoms. The normalized spacial score (nSPS) is 18.5. The Balaban J connectivity index is 1.73. The molecule has 0 aliphatic carbocycles. The van der Waals surface area contributed by atoms with Gasteiger partial charge < -0.3 is 16.0 Å². The number of likely N-dealkylation sites (N-methyl/N-ethyl adjacent to an activating group) is 1. The van der Waals surface area contributed by atoms with Crippen molar-refractivity contribution in [3.05, 3.63) is 48.0 Å². The van der Waals surface area contributed by atoms with Crippen molar-refractivity contribution < 1.29 is 9.59 Å². The maximum absolute atomic E-state index is 12.5. The van der Waals surface area contributed by atoms with E-state index in [0.29, 0.717) is 6.42 Å². The molecule has 0 bridgehead atoms. The van der Waals surface area contributed by atoms with E-state index in [0.717, 1.165) is 42.1 Å². The minimum atomic E-state index is -0.567. The summed E-state index contributed by atoms with van der Waals surface area (Å²) in [6.45, 7) is 0.855. The van der Waals surface area contributed by atoms with Crippen LogP contribution < -0.4 is 16.0 Å². The first-order valence-electron chi connectivity index (χ1n) is 8.90. The van der Waals surface area contributed by atoms with Crippen molar-refractivity contribution in [1.29, 1.82) is 0 Å². The zero-order valence-corrected chi connectivity index (χ0v) is 14.5. The maximum Gasteiger partial charge on any atom is 0.242 e.